The van der Waals surface area contributed by atoms with Crippen LogP contribution in [0.3, 0.4) is 0 Å². The number of carbonyl (C=O) groups is 1. The highest BCUT2D eigenvalue weighted by Gasteiger charge is 2.12. The molecule has 1 amide bonds. The second-order valence-electron chi connectivity index (χ2n) is 4.27. The van der Waals surface area contributed by atoms with E-state index >= 15 is 0 Å². The van der Waals surface area contributed by atoms with Crippen LogP contribution in [0.5, 0.6) is 0 Å². The molecule has 0 bridgehead atoms. The van der Waals surface area contributed by atoms with Crippen LogP contribution in [0, 0.1) is 6.92 Å². The Kier molecular flexibility index (Phi) is 4.98. The molecule has 0 aliphatic carbocycles. The number of hydrogen-bond donors (Lipinski definition) is 2. The molecule has 0 saturated carbocycles. The number of thiophene rings is 1. The predicted molar refractivity (Wildman–Crippen MR) is 83.6 cm³/mol. The summed E-state index contributed by atoms with van der Waals surface area (Å²) < 4.78 is 0. The lowest BCUT2D eigenvalue weighted by Gasteiger charge is -2.08. The van der Waals surface area contributed by atoms with E-state index in [1.165, 1.54) is 11.1 Å². The summed E-state index contributed by atoms with van der Waals surface area (Å²) in [5, 5.41) is 6.28. The molecule has 0 unspecified atom stereocenters. The van der Waals surface area contributed by atoms with E-state index in [1.807, 2.05) is 26.0 Å². The van der Waals surface area contributed by atoms with E-state index < -0.39 is 0 Å². The highest BCUT2D eigenvalue weighted by atomic mass is 35.5. The van der Waals surface area contributed by atoms with Gasteiger partial charge in [-0.2, -0.15) is 0 Å². The van der Waals surface area contributed by atoms with Crippen LogP contribution in [-0.4, -0.2) is 17.4 Å². The van der Waals surface area contributed by atoms with Gasteiger partial charge < -0.3 is 10.6 Å². The minimum absolute atomic E-state index is 0.192. The smallest absolute Gasteiger partial charge is 0.253 e. The summed E-state index contributed by atoms with van der Waals surface area (Å²) in [6.45, 7) is 5.25. The Labute approximate surface area is 127 Å². The van der Waals surface area contributed by atoms with Crippen LogP contribution >= 0.6 is 22.9 Å². The molecule has 2 aromatic rings. The first-order valence-electron chi connectivity index (χ1n) is 6.33. The van der Waals surface area contributed by atoms with Crippen molar-refractivity contribution in [1.29, 1.82) is 0 Å². The van der Waals surface area contributed by atoms with Gasteiger partial charge in [-0.15, -0.1) is 11.3 Å². The van der Waals surface area contributed by atoms with Gasteiger partial charge in [0, 0.05) is 22.5 Å². The van der Waals surface area contributed by atoms with E-state index in [0.29, 0.717) is 22.9 Å². The number of anilines is 1. The molecule has 2 heterocycles. The molecule has 0 fully saturated rings. The van der Waals surface area contributed by atoms with Crippen molar-refractivity contribution in [2.45, 2.75) is 20.4 Å². The van der Waals surface area contributed by atoms with Crippen LogP contribution in [-0.2, 0) is 6.54 Å². The Hall–Kier alpha value is -1.59. The van der Waals surface area contributed by atoms with Crippen molar-refractivity contribution >= 4 is 34.7 Å². The molecule has 2 aromatic heterocycles. The topological polar surface area (TPSA) is 54.0 Å². The van der Waals surface area contributed by atoms with Gasteiger partial charge in [0.15, 0.2) is 0 Å². The minimum atomic E-state index is -0.192. The number of aromatic nitrogens is 1. The molecular weight excluding hydrogens is 294 g/mol. The molecule has 0 aromatic carbocycles. The third-order valence-corrected chi connectivity index (χ3v) is 3.98. The number of amides is 1. The third kappa shape index (κ3) is 3.71. The van der Waals surface area contributed by atoms with Crippen molar-refractivity contribution in [1.82, 2.24) is 10.3 Å². The van der Waals surface area contributed by atoms with Gasteiger partial charge >= 0.3 is 0 Å². The van der Waals surface area contributed by atoms with Crippen molar-refractivity contribution in [3.8, 4) is 0 Å². The predicted octanol–water partition coefficient (Wildman–Crippen LogP) is 3.47. The maximum absolute atomic E-state index is 12.2. The Morgan fingerprint density at radius 3 is 2.90 bits per heavy atom. The largest absolute Gasteiger partial charge is 0.370 e. The van der Waals surface area contributed by atoms with Gasteiger partial charge in [-0.05, 0) is 32.0 Å². The van der Waals surface area contributed by atoms with Crippen molar-refractivity contribution < 1.29 is 4.79 Å². The summed E-state index contributed by atoms with van der Waals surface area (Å²) in [5.74, 6) is 0.455. The second-order valence-corrected chi connectivity index (χ2v) is 6.05. The number of rotatable bonds is 5. The van der Waals surface area contributed by atoms with Gasteiger partial charge in [-0.1, -0.05) is 11.6 Å². The van der Waals surface area contributed by atoms with Crippen molar-refractivity contribution in [2.75, 3.05) is 11.9 Å². The minimum Gasteiger partial charge on any atom is -0.370 e. The zero-order chi connectivity index (χ0) is 14.5. The van der Waals surface area contributed by atoms with Crippen molar-refractivity contribution in [3.05, 3.63) is 44.7 Å². The number of halogens is 1. The summed E-state index contributed by atoms with van der Waals surface area (Å²) in [7, 11) is 0. The fraction of sp³-hybridized carbons (Fsp3) is 0.286. The average Bonchev–Trinajstić information content (AvgIpc) is 2.84. The van der Waals surface area contributed by atoms with Gasteiger partial charge in [-0.3, -0.25) is 4.79 Å². The number of carbonyl (C=O) groups excluding carboxylic acids is 1. The highest BCUT2D eigenvalue weighted by Crippen LogP contribution is 2.19. The Balaban J connectivity index is 2.06. The van der Waals surface area contributed by atoms with Gasteiger partial charge in [-0.25, -0.2) is 4.98 Å². The lowest BCUT2D eigenvalue weighted by molar-refractivity contribution is 0.0951. The summed E-state index contributed by atoms with van der Waals surface area (Å²) >= 11 is 7.70. The number of hydrogen-bond acceptors (Lipinski definition) is 4. The molecule has 2 N–H and O–H groups in total. The van der Waals surface area contributed by atoms with Gasteiger partial charge in [0.2, 0.25) is 0 Å². The molecule has 20 heavy (non-hydrogen) atoms. The molecule has 4 nitrogen and oxygen atoms in total. The summed E-state index contributed by atoms with van der Waals surface area (Å²) in [6, 6.07) is 5.72. The molecular formula is C14H16ClN3OS. The lowest BCUT2D eigenvalue weighted by Crippen LogP contribution is -2.23. The number of aryl methyl sites for hydroxylation is 1. The quantitative estimate of drug-likeness (QED) is 0.889. The van der Waals surface area contributed by atoms with Gasteiger partial charge in [0.1, 0.15) is 5.82 Å². The monoisotopic (exact) mass is 309 g/mol. The summed E-state index contributed by atoms with van der Waals surface area (Å²) in [6.07, 6.45) is 1.49. The van der Waals surface area contributed by atoms with Crippen LogP contribution < -0.4 is 10.6 Å². The first-order chi connectivity index (χ1) is 9.60. The van der Waals surface area contributed by atoms with Crippen LogP contribution in [0.4, 0.5) is 5.82 Å². The SMILES string of the molecule is CCNc1cc(C(=O)NCc2ccc(C)s2)c(Cl)cn1. The molecule has 0 atom stereocenters. The second kappa shape index (κ2) is 6.72. The maximum Gasteiger partial charge on any atom is 0.253 e. The molecule has 0 aliphatic rings. The Morgan fingerprint density at radius 1 is 1.45 bits per heavy atom. The van der Waals surface area contributed by atoms with E-state index in [4.69, 9.17) is 11.6 Å². The van der Waals surface area contributed by atoms with E-state index in [0.717, 1.165) is 11.4 Å². The number of nitrogens with zero attached hydrogens (tertiary/aromatic N) is 1. The standard InChI is InChI=1S/C14H16ClN3OS/c1-3-16-13-6-11(12(15)8-17-13)14(19)18-7-10-5-4-9(2)20-10/h4-6,8H,3,7H2,1-2H3,(H,16,17)(H,18,19). The van der Waals surface area contributed by atoms with Crippen LogP contribution in [0.2, 0.25) is 5.02 Å². The van der Waals surface area contributed by atoms with E-state index in [1.54, 1.807) is 17.4 Å². The van der Waals surface area contributed by atoms with E-state index in [2.05, 4.69) is 15.6 Å². The maximum atomic E-state index is 12.2. The van der Waals surface area contributed by atoms with Crippen molar-refractivity contribution in [2.24, 2.45) is 0 Å². The Bertz CT molecular complexity index is 612. The summed E-state index contributed by atoms with van der Waals surface area (Å²) in [5.41, 5.74) is 0.436. The first kappa shape index (κ1) is 14.8. The normalized spacial score (nSPS) is 10.3. The fourth-order valence-electron chi connectivity index (χ4n) is 1.73. The van der Waals surface area contributed by atoms with E-state index in [-0.39, 0.29) is 5.91 Å². The average molecular weight is 310 g/mol. The van der Waals surface area contributed by atoms with Gasteiger partial charge in [0.25, 0.3) is 5.91 Å². The molecule has 0 aliphatic heterocycles. The highest BCUT2D eigenvalue weighted by molar-refractivity contribution is 7.11. The zero-order valence-electron chi connectivity index (χ0n) is 11.4. The molecule has 6 heteroatoms. The first-order valence-corrected chi connectivity index (χ1v) is 7.52. The fourth-order valence-corrected chi connectivity index (χ4v) is 2.75. The van der Waals surface area contributed by atoms with Crippen LogP contribution in [0.15, 0.2) is 24.4 Å². The zero-order valence-corrected chi connectivity index (χ0v) is 12.9. The third-order valence-electron chi connectivity index (χ3n) is 2.68. The van der Waals surface area contributed by atoms with Crippen molar-refractivity contribution in [3.63, 3.8) is 0 Å². The molecule has 0 spiro atoms. The number of pyridine rings is 1. The van der Waals surface area contributed by atoms with Crippen LogP contribution in [0.25, 0.3) is 0 Å². The molecule has 2 rings (SSSR count). The molecule has 0 saturated heterocycles. The molecule has 0 radical (unpaired) electrons. The molecule has 106 valence electrons. The number of nitrogens with one attached hydrogen (secondary N) is 2. The van der Waals surface area contributed by atoms with E-state index in [9.17, 15) is 4.79 Å². The van der Waals surface area contributed by atoms with Gasteiger partial charge in [0.05, 0.1) is 17.1 Å². The summed E-state index contributed by atoms with van der Waals surface area (Å²) in [4.78, 5) is 18.6. The lowest BCUT2D eigenvalue weighted by atomic mass is 10.2. The Morgan fingerprint density at radius 2 is 2.25 bits per heavy atom. The van der Waals surface area contributed by atoms with Crippen LogP contribution in [0.1, 0.15) is 27.0 Å².